The van der Waals surface area contributed by atoms with Crippen LogP contribution in [-0.4, -0.2) is 39.3 Å². The van der Waals surface area contributed by atoms with Crippen LogP contribution in [0, 0.1) is 6.92 Å². The minimum absolute atomic E-state index is 0.00737. The van der Waals surface area contributed by atoms with Gasteiger partial charge < -0.3 is 15.5 Å². The summed E-state index contributed by atoms with van der Waals surface area (Å²) in [6.07, 6.45) is 5.78. The molecule has 3 aromatic rings. The van der Waals surface area contributed by atoms with Crippen molar-refractivity contribution >= 4 is 39.9 Å². The number of hydrogen-bond acceptors (Lipinski definition) is 5. The summed E-state index contributed by atoms with van der Waals surface area (Å²) < 4.78 is 0. The van der Waals surface area contributed by atoms with Crippen molar-refractivity contribution < 1.29 is 9.59 Å². The molecule has 2 amide bonds. The number of amides is 2. The van der Waals surface area contributed by atoms with E-state index in [-0.39, 0.29) is 17.9 Å². The van der Waals surface area contributed by atoms with E-state index < -0.39 is 0 Å². The highest BCUT2D eigenvalue weighted by Gasteiger charge is 2.28. The second-order valence-corrected chi connectivity index (χ2v) is 8.31. The van der Waals surface area contributed by atoms with Crippen molar-refractivity contribution in [3.8, 4) is 0 Å². The lowest BCUT2D eigenvalue weighted by Crippen LogP contribution is -2.43. The van der Waals surface area contributed by atoms with Gasteiger partial charge >= 0.3 is 0 Å². The summed E-state index contributed by atoms with van der Waals surface area (Å²) in [5.41, 5.74) is 4.13. The maximum atomic E-state index is 13.7. The highest BCUT2D eigenvalue weighted by molar-refractivity contribution is 6.07. The second kappa shape index (κ2) is 9.34. The van der Waals surface area contributed by atoms with Crippen LogP contribution in [0.25, 0.3) is 11.0 Å². The van der Waals surface area contributed by atoms with Gasteiger partial charge in [-0.1, -0.05) is 13.0 Å². The Bertz CT molecular complexity index is 1160. The standard InChI is InChI=1S/C25H29N5O2/c1-4-20-10-5-6-13-30(20)25(32)22-15-26-24-21(12-11-16(2)27-24)23(22)29-19-9-7-8-18(14-19)28-17(3)31/h7-9,11-12,14-15,20H,4-6,10,13H2,1-3H3,(H,28,31)(H,26,27,29)/t20-/m0/s1. The minimum atomic E-state index is -0.136. The van der Waals surface area contributed by atoms with Gasteiger partial charge in [-0.3, -0.25) is 9.59 Å². The van der Waals surface area contributed by atoms with E-state index in [2.05, 4.69) is 27.5 Å². The molecule has 1 fully saturated rings. The van der Waals surface area contributed by atoms with Crippen LogP contribution in [0.4, 0.5) is 17.1 Å². The van der Waals surface area contributed by atoms with Gasteiger partial charge in [-0.15, -0.1) is 0 Å². The largest absolute Gasteiger partial charge is 0.354 e. The van der Waals surface area contributed by atoms with Crippen LogP contribution in [0.2, 0.25) is 0 Å². The van der Waals surface area contributed by atoms with Gasteiger partial charge in [-0.25, -0.2) is 9.97 Å². The number of anilines is 3. The van der Waals surface area contributed by atoms with Crippen molar-refractivity contribution in [3.63, 3.8) is 0 Å². The number of fused-ring (bicyclic) bond motifs is 1. The van der Waals surface area contributed by atoms with Crippen molar-refractivity contribution in [2.45, 2.75) is 52.5 Å². The number of aromatic nitrogens is 2. The second-order valence-electron chi connectivity index (χ2n) is 8.31. The molecule has 1 aliphatic heterocycles. The lowest BCUT2D eigenvalue weighted by Gasteiger charge is -2.35. The van der Waals surface area contributed by atoms with Crippen LogP contribution in [0.1, 0.15) is 55.6 Å². The molecule has 4 rings (SSSR count). The summed E-state index contributed by atoms with van der Waals surface area (Å²) in [5, 5.41) is 7.01. The van der Waals surface area contributed by atoms with E-state index in [1.54, 1.807) is 6.20 Å². The fourth-order valence-corrected chi connectivity index (χ4v) is 4.34. The molecule has 2 N–H and O–H groups in total. The number of aryl methyl sites for hydroxylation is 1. The first kappa shape index (κ1) is 21.7. The molecule has 3 heterocycles. The van der Waals surface area contributed by atoms with Crippen LogP contribution < -0.4 is 10.6 Å². The van der Waals surface area contributed by atoms with E-state index in [1.165, 1.54) is 6.92 Å². The minimum Gasteiger partial charge on any atom is -0.354 e. The highest BCUT2D eigenvalue weighted by atomic mass is 16.2. The smallest absolute Gasteiger partial charge is 0.257 e. The highest BCUT2D eigenvalue weighted by Crippen LogP contribution is 2.32. The number of piperidine rings is 1. The van der Waals surface area contributed by atoms with Crippen LogP contribution in [0.15, 0.2) is 42.6 Å². The van der Waals surface area contributed by atoms with Crippen molar-refractivity contribution in [1.29, 1.82) is 0 Å². The number of hydrogen-bond donors (Lipinski definition) is 2. The maximum absolute atomic E-state index is 13.7. The first-order valence-corrected chi connectivity index (χ1v) is 11.2. The molecule has 1 aromatic carbocycles. The monoisotopic (exact) mass is 431 g/mol. The Kier molecular flexibility index (Phi) is 6.35. The zero-order valence-corrected chi connectivity index (χ0v) is 18.8. The van der Waals surface area contributed by atoms with E-state index in [1.807, 2.05) is 48.2 Å². The van der Waals surface area contributed by atoms with E-state index in [9.17, 15) is 9.59 Å². The summed E-state index contributed by atoms with van der Waals surface area (Å²) in [5.74, 6) is -0.144. The normalized spacial score (nSPS) is 16.1. The van der Waals surface area contributed by atoms with E-state index in [0.29, 0.717) is 22.6 Å². The van der Waals surface area contributed by atoms with Gasteiger partial charge in [-0.2, -0.15) is 0 Å². The van der Waals surface area contributed by atoms with Crippen molar-refractivity contribution in [3.05, 3.63) is 53.9 Å². The van der Waals surface area contributed by atoms with Gasteiger partial charge in [0.05, 0.1) is 11.3 Å². The molecule has 0 spiro atoms. The van der Waals surface area contributed by atoms with Crippen LogP contribution in [0.3, 0.4) is 0 Å². The Labute approximate surface area is 188 Å². The molecule has 7 nitrogen and oxygen atoms in total. The van der Waals surface area contributed by atoms with Gasteiger partial charge in [-0.05, 0) is 62.9 Å². The third kappa shape index (κ3) is 4.56. The molecule has 32 heavy (non-hydrogen) atoms. The average Bonchev–Trinajstić information content (AvgIpc) is 2.78. The maximum Gasteiger partial charge on any atom is 0.257 e. The summed E-state index contributed by atoms with van der Waals surface area (Å²) in [7, 11) is 0. The Morgan fingerprint density at radius 1 is 1.16 bits per heavy atom. The zero-order chi connectivity index (χ0) is 22.7. The van der Waals surface area contributed by atoms with Gasteiger partial charge in [0.1, 0.15) is 0 Å². The third-order valence-corrected chi connectivity index (χ3v) is 5.91. The summed E-state index contributed by atoms with van der Waals surface area (Å²) >= 11 is 0. The molecular formula is C25H29N5O2. The average molecular weight is 432 g/mol. The molecule has 166 valence electrons. The summed E-state index contributed by atoms with van der Waals surface area (Å²) in [4.78, 5) is 36.2. The Balaban J connectivity index is 1.78. The van der Waals surface area contributed by atoms with E-state index in [4.69, 9.17) is 0 Å². The lowest BCUT2D eigenvalue weighted by molar-refractivity contribution is -0.114. The number of rotatable bonds is 5. The predicted octanol–water partition coefficient (Wildman–Crippen LogP) is 5.04. The molecular weight excluding hydrogens is 402 g/mol. The number of benzene rings is 1. The molecule has 2 aromatic heterocycles. The lowest BCUT2D eigenvalue weighted by atomic mass is 9.98. The molecule has 1 atom stereocenters. The SMILES string of the molecule is CC[C@H]1CCCCN1C(=O)c1cnc2nc(C)ccc2c1Nc1cccc(NC(C)=O)c1. The molecule has 0 aliphatic carbocycles. The quantitative estimate of drug-likeness (QED) is 0.591. The van der Waals surface area contributed by atoms with Crippen LogP contribution in [0.5, 0.6) is 0 Å². The molecule has 1 aliphatic rings. The van der Waals surface area contributed by atoms with Crippen molar-refractivity contribution in [1.82, 2.24) is 14.9 Å². The zero-order valence-electron chi connectivity index (χ0n) is 18.8. The summed E-state index contributed by atoms with van der Waals surface area (Å²) in [6, 6.07) is 11.6. The Morgan fingerprint density at radius 3 is 2.75 bits per heavy atom. The topological polar surface area (TPSA) is 87.2 Å². The van der Waals surface area contributed by atoms with Crippen molar-refractivity contribution in [2.24, 2.45) is 0 Å². The van der Waals surface area contributed by atoms with Gasteiger partial charge in [0.15, 0.2) is 5.65 Å². The fraction of sp³-hybridized carbons (Fsp3) is 0.360. The fourth-order valence-electron chi connectivity index (χ4n) is 4.34. The number of nitrogens with zero attached hydrogens (tertiary/aromatic N) is 3. The summed E-state index contributed by atoms with van der Waals surface area (Å²) in [6.45, 7) is 6.29. The number of nitrogens with one attached hydrogen (secondary N) is 2. The third-order valence-electron chi connectivity index (χ3n) is 5.91. The van der Waals surface area contributed by atoms with E-state index in [0.717, 1.165) is 49.0 Å². The predicted molar refractivity (Wildman–Crippen MR) is 127 cm³/mol. The number of pyridine rings is 2. The first-order valence-electron chi connectivity index (χ1n) is 11.2. The number of carbonyl (C=O) groups excluding carboxylic acids is 2. The molecule has 7 heteroatoms. The van der Waals surface area contributed by atoms with Gasteiger partial charge in [0.25, 0.3) is 5.91 Å². The number of carbonyl (C=O) groups is 2. The first-order chi connectivity index (χ1) is 15.5. The van der Waals surface area contributed by atoms with E-state index >= 15 is 0 Å². The van der Waals surface area contributed by atoms with Crippen molar-refractivity contribution in [2.75, 3.05) is 17.2 Å². The van der Waals surface area contributed by atoms with Gasteiger partial charge in [0.2, 0.25) is 5.91 Å². The van der Waals surface area contributed by atoms with Gasteiger partial charge in [0, 0.05) is 48.2 Å². The molecule has 0 bridgehead atoms. The molecule has 0 radical (unpaired) electrons. The molecule has 0 saturated carbocycles. The van der Waals surface area contributed by atoms with Crippen LogP contribution >= 0.6 is 0 Å². The Hall–Kier alpha value is -3.48. The molecule has 1 saturated heterocycles. The van der Waals surface area contributed by atoms with Crippen LogP contribution in [-0.2, 0) is 4.79 Å². The molecule has 0 unspecified atom stereocenters. The Morgan fingerprint density at radius 2 is 1.97 bits per heavy atom. The number of likely N-dealkylation sites (tertiary alicyclic amines) is 1.